The van der Waals surface area contributed by atoms with E-state index in [1.807, 2.05) is 6.92 Å². The van der Waals surface area contributed by atoms with E-state index in [1.54, 1.807) is 20.8 Å². The highest BCUT2D eigenvalue weighted by Crippen LogP contribution is 2.07. The molecule has 0 spiro atoms. The lowest BCUT2D eigenvalue weighted by Gasteiger charge is -2.21. The summed E-state index contributed by atoms with van der Waals surface area (Å²) in [6, 6.07) is -1.36. The lowest BCUT2D eigenvalue weighted by Crippen LogP contribution is -2.44. The van der Waals surface area contributed by atoms with Crippen LogP contribution in [-0.2, 0) is 19.1 Å². The Morgan fingerprint density at radius 3 is 2.26 bits per heavy atom. The summed E-state index contributed by atoms with van der Waals surface area (Å²) < 4.78 is 9.68. The molecule has 0 aromatic heterocycles. The lowest BCUT2D eigenvalue weighted by molar-refractivity contribution is -0.149. The van der Waals surface area contributed by atoms with Gasteiger partial charge in [-0.05, 0) is 27.2 Å². The van der Waals surface area contributed by atoms with Gasteiger partial charge < -0.3 is 19.9 Å². The molecule has 0 radical (unpaired) electrons. The Bertz CT molecular complexity index is 334. The van der Waals surface area contributed by atoms with E-state index in [2.05, 4.69) is 5.32 Å². The Hall–Kier alpha value is -1.79. The Labute approximate surface area is 112 Å². The molecule has 7 nitrogen and oxygen atoms in total. The fourth-order valence-electron chi connectivity index (χ4n) is 1.09. The first-order valence-corrected chi connectivity index (χ1v) is 6.03. The van der Waals surface area contributed by atoms with Crippen LogP contribution in [0.1, 0.15) is 40.5 Å². The number of esters is 1. The minimum Gasteiger partial charge on any atom is -0.480 e. The number of hydrogen-bond donors (Lipinski definition) is 2. The molecule has 0 heterocycles. The number of amides is 1. The Morgan fingerprint density at radius 1 is 1.26 bits per heavy atom. The molecule has 110 valence electrons. The SMILES string of the molecule is CCCOC(=O)C[C@H](NC(=O)OC(C)(C)C)C(=O)O. The summed E-state index contributed by atoms with van der Waals surface area (Å²) in [5.74, 6) is -2.00. The zero-order valence-electron chi connectivity index (χ0n) is 11.7. The quantitative estimate of drug-likeness (QED) is 0.708. The molecule has 19 heavy (non-hydrogen) atoms. The molecule has 2 N–H and O–H groups in total. The van der Waals surface area contributed by atoms with Crippen molar-refractivity contribution in [2.24, 2.45) is 0 Å². The van der Waals surface area contributed by atoms with Crippen molar-refractivity contribution in [2.45, 2.75) is 52.2 Å². The average Bonchev–Trinajstić information content (AvgIpc) is 2.22. The van der Waals surface area contributed by atoms with Gasteiger partial charge in [-0.1, -0.05) is 6.92 Å². The van der Waals surface area contributed by atoms with Gasteiger partial charge in [-0.3, -0.25) is 4.79 Å². The highest BCUT2D eigenvalue weighted by atomic mass is 16.6. The van der Waals surface area contributed by atoms with Crippen LogP contribution in [-0.4, -0.2) is 41.4 Å². The summed E-state index contributed by atoms with van der Waals surface area (Å²) >= 11 is 0. The van der Waals surface area contributed by atoms with Crippen LogP contribution in [0.3, 0.4) is 0 Å². The first-order chi connectivity index (χ1) is 8.65. The second-order valence-corrected chi connectivity index (χ2v) is 4.96. The topological polar surface area (TPSA) is 102 Å². The van der Waals surface area contributed by atoms with E-state index >= 15 is 0 Å². The van der Waals surface area contributed by atoms with Gasteiger partial charge in [0.15, 0.2) is 0 Å². The number of nitrogens with one attached hydrogen (secondary N) is 1. The molecule has 0 aromatic rings. The van der Waals surface area contributed by atoms with Crippen molar-refractivity contribution in [1.29, 1.82) is 0 Å². The molecule has 0 fully saturated rings. The van der Waals surface area contributed by atoms with Gasteiger partial charge in [-0.15, -0.1) is 0 Å². The van der Waals surface area contributed by atoms with Crippen LogP contribution in [0.2, 0.25) is 0 Å². The maximum atomic E-state index is 11.4. The third kappa shape index (κ3) is 8.87. The molecule has 0 rings (SSSR count). The molecule has 0 unspecified atom stereocenters. The van der Waals surface area contributed by atoms with E-state index in [0.29, 0.717) is 6.42 Å². The minimum atomic E-state index is -1.36. The third-order valence-corrected chi connectivity index (χ3v) is 1.83. The number of carbonyl (C=O) groups excluding carboxylic acids is 2. The predicted octanol–water partition coefficient (Wildman–Crippen LogP) is 1.31. The molecule has 1 amide bonds. The summed E-state index contributed by atoms with van der Waals surface area (Å²) in [7, 11) is 0. The third-order valence-electron chi connectivity index (χ3n) is 1.83. The van der Waals surface area contributed by atoms with E-state index in [1.165, 1.54) is 0 Å². The molecule has 0 aromatic carbocycles. The van der Waals surface area contributed by atoms with Gasteiger partial charge in [0.1, 0.15) is 11.6 Å². The van der Waals surface area contributed by atoms with Gasteiger partial charge in [0.05, 0.1) is 13.0 Å². The summed E-state index contributed by atoms with van der Waals surface area (Å²) in [4.78, 5) is 33.7. The van der Waals surface area contributed by atoms with Gasteiger partial charge in [0, 0.05) is 0 Å². The number of carbonyl (C=O) groups is 3. The summed E-state index contributed by atoms with van der Waals surface area (Å²) in [5, 5.41) is 11.0. The number of carboxylic acid groups (broad SMARTS) is 1. The molecule has 7 heteroatoms. The maximum absolute atomic E-state index is 11.4. The Morgan fingerprint density at radius 2 is 1.84 bits per heavy atom. The van der Waals surface area contributed by atoms with Crippen LogP contribution in [0.25, 0.3) is 0 Å². The van der Waals surface area contributed by atoms with E-state index in [-0.39, 0.29) is 6.61 Å². The van der Waals surface area contributed by atoms with Crippen molar-refractivity contribution in [3.05, 3.63) is 0 Å². The summed E-state index contributed by atoms with van der Waals surface area (Å²) in [6.45, 7) is 6.99. The molecule has 0 bridgehead atoms. The van der Waals surface area contributed by atoms with Crippen molar-refractivity contribution < 1.29 is 29.0 Å². The van der Waals surface area contributed by atoms with E-state index < -0.39 is 36.1 Å². The monoisotopic (exact) mass is 275 g/mol. The van der Waals surface area contributed by atoms with Crippen molar-refractivity contribution >= 4 is 18.0 Å². The van der Waals surface area contributed by atoms with Gasteiger partial charge in [0.2, 0.25) is 0 Å². The first kappa shape index (κ1) is 17.2. The van der Waals surface area contributed by atoms with Crippen LogP contribution < -0.4 is 5.32 Å². The number of hydrogen-bond acceptors (Lipinski definition) is 5. The van der Waals surface area contributed by atoms with Crippen LogP contribution in [0, 0.1) is 0 Å². The number of rotatable bonds is 6. The predicted molar refractivity (Wildman–Crippen MR) is 66.7 cm³/mol. The molecule has 0 saturated heterocycles. The molecule has 0 aliphatic rings. The number of alkyl carbamates (subject to hydrolysis) is 1. The maximum Gasteiger partial charge on any atom is 0.408 e. The second-order valence-electron chi connectivity index (χ2n) is 4.96. The van der Waals surface area contributed by atoms with Crippen molar-refractivity contribution in [3.63, 3.8) is 0 Å². The Balaban J connectivity index is 4.38. The van der Waals surface area contributed by atoms with Crippen LogP contribution in [0.4, 0.5) is 4.79 Å². The van der Waals surface area contributed by atoms with Gasteiger partial charge in [-0.25, -0.2) is 9.59 Å². The van der Waals surface area contributed by atoms with Crippen LogP contribution in [0.15, 0.2) is 0 Å². The Kier molecular flexibility index (Phi) is 6.89. The average molecular weight is 275 g/mol. The van der Waals surface area contributed by atoms with Gasteiger partial charge in [0.25, 0.3) is 0 Å². The summed E-state index contributed by atoms with van der Waals surface area (Å²) in [6.07, 6.45) is -0.680. The highest BCUT2D eigenvalue weighted by Gasteiger charge is 2.26. The number of carboxylic acids is 1. The highest BCUT2D eigenvalue weighted by molar-refractivity contribution is 5.85. The number of aliphatic carboxylic acids is 1. The summed E-state index contributed by atoms with van der Waals surface area (Å²) in [5.41, 5.74) is -0.740. The molecule has 1 atom stereocenters. The second kappa shape index (κ2) is 7.60. The van der Waals surface area contributed by atoms with E-state index in [0.717, 1.165) is 0 Å². The lowest BCUT2D eigenvalue weighted by atomic mass is 10.2. The molecular weight excluding hydrogens is 254 g/mol. The molecule has 0 saturated carbocycles. The van der Waals surface area contributed by atoms with Crippen molar-refractivity contribution in [1.82, 2.24) is 5.32 Å². The van der Waals surface area contributed by atoms with Gasteiger partial charge in [-0.2, -0.15) is 0 Å². The fraction of sp³-hybridized carbons (Fsp3) is 0.750. The van der Waals surface area contributed by atoms with E-state index in [9.17, 15) is 14.4 Å². The zero-order valence-corrected chi connectivity index (χ0v) is 11.7. The van der Waals surface area contributed by atoms with E-state index in [4.69, 9.17) is 14.6 Å². The van der Waals surface area contributed by atoms with Crippen LogP contribution >= 0.6 is 0 Å². The molecular formula is C12H21NO6. The first-order valence-electron chi connectivity index (χ1n) is 6.03. The molecule has 0 aliphatic carbocycles. The smallest absolute Gasteiger partial charge is 0.408 e. The largest absolute Gasteiger partial charge is 0.480 e. The number of ether oxygens (including phenoxy) is 2. The molecule has 0 aliphatic heterocycles. The normalized spacial score (nSPS) is 12.4. The fourth-order valence-corrected chi connectivity index (χ4v) is 1.09. The standard InChI is InChI=1S/C12H21NO6/c1-5-6-18-9(14)7-8(10(15)16)13-11(17)19-12(2,3)4/h8H,5-7H2,1-4H3,(H,13,17)(H,15,16)/t8-/m0/s1. The van der Waals surface area contributed by atoms with Crippen molar-refractivity contribution in [2.75, 3.05) is 6.61 Å². The minimum absolute atomic E-state index is 0.220. The van der Waals surface area contributed by atoms with Gasteiger partial charge >= 0.3 is 18.0 Å². The van der Waals surface area contributed by atoms with Crippen molar-refractivity contribution in [3.8, 4) is 0 Å². The van der Waals surface area contributed by atoms with Crippen LogP contribution in [0.5, 0.6) is 0 Å². The zero-order chi connectivity index (χ0) is 15.1.